The van der Waals surface area contributed by atoms with E-state index >= 15 is 0 Å². The van der Waals surface area contributed by atoms with Crippen molar-refractivity contribution in [3.8, 4) is 22.3 Å². The minimum Gasteiger partial charge on any atom is -0.349 e. The molecule has 1 aliphatic heterocycles. The maximum absolute atomic E-state index is 2.58. The summed E-state index contributed by atoms with van der Waals surface area (Å²) < 4.78 is 0. The van der Waals surface area contributed by atoms with E-state index in [9.17, 15) is 0 Å². The largest absolute Gasteiger partial charge is 0.349 e. The summed E-state index contributed by atoms with van der Waals surface area (Å²) in [6.07, 6.45) is 0.273. The molecule has 0 N–H and O–H groups in total. The Kier molecular flexibility index (Phi) is 5.68. The fraction of sp³-hybridized carbons (Fsp3) is 0.226. The Morgan fingerprint density at radius 3 is 1.30 bits per heavy atom. The molecule has 1 fully saturated rings. The zero-order valence-corrected chi connectivity index (χ0v) is 19.8. The van der Waals surface area contributed by atoms with E-state index in [2.05, 4.69) is 140 Å². The Hall–Kier alpha value is -3.52. The molecule has 0 spiro atoms. The van der Waals surface area contributed by atoms with Crippen molar-refractivity contribution in [3.63, 3.8) is 0 Å². The third-order valence-corrected chi connectivity index (χ3v) is 6.52. The summed E-state index contributed by atoms with van der Waals surface area (Å²) in [5.74, 6) is 0. The summed E-state index contributed by atoms with van der Waals surface area (Å²) in [6.45, 7) is 9.08. The minimum absolute atomic E-state index is 0.0853. The molecule has 33 heavy (non-hydrogen) atoms. The molecule has 0 aliphatic carbocycles. The molecular weight excluding hydrogens is 400 g/mol. The molecule has 1 heterocycles. The first-order valence-electron chi connectivity index (χ1n) is 11.8. The highest BCUT2D eigenvalue weighted by Gasteiger charge is 2.40. The van der Waals surface area contributed by atoms with Crippen molar-refractivity contribution >= 4 is 11.4 Å². The van der Waals surface area contributed by atoms with E-state index in [-0.39, 0.29) is 11.6 Å². The summed E-state index contributed by atoms with van der Waals surface area (Å²) in [5.41, 5.74) is 7.73. The van der Waals surface area contributed by atoms with E-state index < -0.39 is 0 Å². The first-order chi connectivity index (χ1) is 16.0. The van der Waals surface area contributed by atoms with Crippen LogP contribution in [0.1, 0.15) is 20.8 Å². The number of anilines is 2. The lowest BCUT2D eigenvalue weighted by Crippen LogP contribution is -2.48. The second kappa shape index (κ2) is 8.78. The number of benzene rings is 4. The van der Waals surface area contributed by atoms with Crippen LogP contribution in [0.5, 0.6) is 0 Å². The van der Waals surface area contributed by atoms with Crippen LogP contribution in [-0.2, 0) is 0 Å². The van der Waals surface area contributed by atoms with Gasteiger partial charge in [-0.2, -0.15) is 0 Å². The van der Waals surface area contributed by atoms with E-state index in [1.807, 2.05) is 0 Å². The van der Waals surface area contributed by atoms with Gasteiger partial charge in [-0.05, 0) is 46.5 Å². The van der Waals surface area contributed by atoms with Crippen LogP contribution in [-0.4, -0.2) is 19.3 Å². The van der Waals surface area contributed by atoms with E-state index in [1.54, 1.807) is 0 Å². The van der Waals surface area contributed by atoms with Crippen molar-refractivity contribution in [3.05, 3.63) is 109 Å². The fourth-order valence-corrected chi connectivity index (χ4v) is 5.09. The summed E-state index contributed by atoms with van der Waals surface area (Å²) >= 11 is 0. The van der Waals surface area contributed by atoms with Crippen molar-refractivity contribution in [1.82, 2.24) is 0 Å². The molecule has 1 aliphatic rings. The maximum Gasteiger partial charge on any atom is 0.107 e. The monoisotopic (exact) mass is 432 g/mol. The Labute approximate surface area is 198 Å². The molecule has 0 bridgehead atoms. The molecule has 2 nitrogen and oxygen atoms in total. The SMILES string of the molecule is CC(C)(C)C1N(c2cccc(-c3ccccc3)c2)CCN1c1cccc(-c2ccccc2)c1. The van der Waals surface area contributed by atoms with Crippen LogP contribution in [0.25, 0.3) is 22.3 Å². The zero-order chi connectivity index (χ0) is 22.8. The van der Waals surface area contributed by atoms with Crippen LogP contribution < -0.4 is 9.80 Å². The average Bonchev–Trinajstić information content (AvgIpc) is 3.32. The molecule has 0 amide bonds. The Morgan fingerprint density at radius 2 is 0.909 bits per heavy atom. The first-order valence-corrected chi connectivity index (χ1v) is 11.8. The average molecular weight is 433 g/mol. The number of nitrogens with zero attached hydrogens (tertiary/aromatic N) is 2. The Balaban J connectivity index is 1.50. The summed E-state index contributed by atoms with van der Waals surface area (Å²) in [5, 5.41) is 0. The van der Waals surface area contributed by atoms with Crippen LogP contribution in [0.4, 0.5) is 11.4 Å². The van der Waals surface area contributed by atoms with E-state index in [0.717, 1.165) is 13.1 Å². The van der Waals surface area contributed by atoms with Gasteiger partial charge in [-0.1, -0.05) is 106 Å². The fourth-order valence-electron chi connectivity index (χ4n) is 5.09. The number of rotatable bonds is 4. The van der Waals surface area contributed by atoms with Gasteiger partial charge < -0.3 is 9.80 Å². The van der Waals surface area contributed by atoms with Crippen LogP contribution >= 0.6 is 0 Å². The van der Waals surface area contributed by atoms with Crippen molar-refractivity contribution in [2.24, 2.45) is 5.41 Å². The van der Waals surface area contributed by atoms with E-state index in [0.29, 0.717) is 0 Å². The van der Waals surface area contributed by atoms with Crippen LogP contribution in [0.2, 0.25) is 0 Å². The highest BCUT2D eigenvalue weighted by atomic mass is 15.4. The molecule has 166 valence electrons. The van der Waals surface area contributed by atoms with E-state index in [4.69, 9.17) is 0 Å². The molecule has 2 heteroatoms. The van der Waals surface area contributed by atoms with Crippen LogP contribution in [0, 0.1) is 5.41 Å². The van der Waals surface area contributed by atoms with Gasteiger partial charge in [0, 0.05) is 29.9 Å². The molecule has 4 aromatic rings. The highest BCUT2D eigenvalue weighted by molar-refractivity contribution is 5.72. The van der Waals surface area contributed by atoms with Gasteiger partial charge in [-0.15, -0.1) is 0 Å². The molecule has 0 atom stereocenters. The molecule has 0 aromatic heterocycles. The maximum atomic E-state index is 2.58. The molecule has 0 saturated carbocycles. The number of hydrogen-bond acceptors (Lipinski definition) is 2. The lowest BCUT2D eigenvalue weighted by molar-refractivity contribution is 0.323. The standard InChI is InChI=1S/C31H32N2/c1-31(2,3)30-32(28-18-10-16-26(22-28)24-12-6-4-7-13-24)20-21-33(30)29-19-11-17-27(23-29)25-14-8-5-9-15-25/h4-19,22-23,30H,20-21H2,1-3H3. The normalized spacial score (nSPS) is 14.6. The second-order valence-corrected chi connectivity index (χ2v) is 9.96. The van der Waals surface area contributed by atoms with Gasteiger partial charge in [-0.3, -0.25) is 0 Å². The van der Waals surface area contributed by atoms with Crippen LogP contribution in [0.3, 0.4) is 0 Å². The van der Waals surface area contributed by atoms with Gasteiger partial charge in [0.1, 0.15) is 6.17 Å². The molecule has 0 unspecified atom stereocenters. The topological polar surface area (TPSA) is 6.48 Å². The molecule has 4 aromatic carbocycles. The molecular formula is C31H32N2. The summed E-state index contributed by atoms with van der Waals surface area (Å²) in [6, 6.07) is 39.3. The predicted molar refractivity (Wildman–Crippen MR) is 142 cm³/mol. The van der Waals surface area contributed by atoms with Gasteiger partial charge in [0.05, 0.1) is 0 Å². The predicted octanol–water partition coefficient (Wildman–Crippen LogP) is 7.72. The van der Waals surface area contributed by atoms with Crippen molar-refractivity contribution < 1.29 is 0 Å². The van der Waals surface area contributed by atoms with Gasteiger partial charge in [0.25, 0.3) is 0 Å². The molecule has 0 radical (unpaired) electrons. The van der Waals surface area contributed by atoms with Crippen molar-refractivity contribution in [1.29, 1.82) is 0 Å². The van der Waals surface area contributed by atoms with Gasteiger partial charge in [0.15, 0.2) is 0 Å². The quantitative estimate of drug-likeness (QED) is 0.326. The van der Waals surface area contributed by atoms with E-state index in [1.165, 1.54) is 33.6 Å². The van der Waals surface area contributed by atoms with Crippen molar-refractivity contribution in [2.45, 2.75) is 26.9 Å². The second-order valence-electron chi connectivity index (χ2n) is 9.96. The Morgan fingerprint density at radius 1 is 0.515 bits per heavy atom. The Bertz CT molecular complexity index is 1120. The van der Waals surface area contributed by atoms with Gasteiger partial charge >= 0.3 is 0 Å². The smallest absolute Gasteiger partial charge is 0.107 e. The lowest BCUT2D eigenvalue weighted by atomic mass is 9.90. The third kappa shape index (κ3) is 4.39. The highest BCUT2D eigenvalue weighted by Crippen LogP contribution is 2.39. The lowest BCUT2D eigenvalue weighted by Gasteiger charge is -2.42. The molecule has 5 rings (SSSR count). The third-order valence-electron chi connectivity index (χ3n) is 6.52. The van der Waals surface area contributed by atoms with Crippen LogP contribution in [0.15, 0.2) is 109 Å². The first kappa shape index (κ1) is 21.3. The van der Waals surface area contributed by atoms with Gasteiger partial charge in [-0.25, -0.2) is 0 Å². The zero-order valence-electron chi connectivity index (χ0n) is 19.8. The summed E-state index contributed by atoms with van der Waals surface area (Å²) in [7, 11) is 0. The van der Waals surface area contributed by atoms with Gasteiger partial charge in [0.2, 0.25) is 0 Å². The summed E-state index contributed by atoms with van der Waals surface area (Å²) in [4.78, 5) is 5.17. The molecule has 1 saturated heterocycles. The number of hydrogen-bond donors (Lipinski definition) is 0. The van der Waals surface area contributed by atoms with Crippen molar-refractivity contribution in [2.75, 3.05) is 22.9 Å². The minimum atomic E-state index is 0.0853.